The number of ether oxygens (including phenoxy) is 1. The van der Waals surface area contributed by atoms with Gasteiger partial charge in [0.05, 0.1) is 24.6 Å². The summed E-state index contributed by atoms with van der Waals surface area (Å²) in [6, 6.07) is 7.18. The largest absolute Gasteiger partial charge is 0.495 e. The average Bonchev–Trinajstić information content (AvgIpc) is 2.87. The number of likely N-dealkylation sites (tertiary alicyclic amines) is 1. The molecule has 6 heteroatoms. The van der Waals surface area contributed by atoms with E-state index in [1.165, 1.54) is 4.90 Å². The fraction of sp³-hybridized carbons (Fsp3) is 0.421. The number of nitrogens with one attached hydrogen (secondary N) is 1. The standard InChI is InChI=1S/C19H22N2O4/c1-25-16-10-5-4-9-15(16)20-17(22)11-6-12-21-18(23)13-7-2-3-8-14(13)19(21)24/h2-5,9-10,13-14H,6-8,11-12H2,1H3,(H,20,22)/t13-,14-/m1/s1. The molecule has 0 aromatic heterocycles. The van der Waals surface area contributed by atoms with E-state index in [0.717, 1.165) is 0 Å². The van der Waals surface area contributed by atoms with Crippen molar-refractivity contribution < 1.29 is 19.1 Å². The molecule has 1 saturated heterocycles. The summed E-state index contributed by atoms with van der Waals surface area (Å²) in [7, 11) is 1.55. The van der Waals surface area contributed by atoms with Crippen molar-refractivity contribution in [2.75, 3.05) is 19.0 Å². The molecule has 1 N–H and O–H groups in total. The first-order valence-corrected chi connectivity index (χ1v) is 8.55. The van der Waals surface area contributed by atoms with Crippen molar-refractivity contribution in [3.05, 3.63) is 36.4 Å². The van der Waals surface area contributed by atoms with Crippen LogP contribution in [0.1, 0.15) is 25.7 Å². The molecule has 1 aliphatic carbocycles. The number of nitrogens with zero attached hydrogens (tertiary/aromatic N) is 1. The number of hydrogen-bond acceptors (Lipinski definition) is 4. The van der Waals surface area contributed by atoms with Crippen molar-refractivity contribution in [2.45, 2.75) is 25.7 Å². The van der Waals surface area contributed by atoms with Crippen LogP contribution in [0, 0.1) is 11.8 Å². The van der Waals surface area contributed by atoms with Crippen LogP contribution in [0.15, 0.2) is 36.4 Å². The van der Waals surface area contributed by atoms with E-state index in [-0.39, 0.29) is 36.0 Å². The number of fused-ring (bicyclic) bond motifs is 1. The van der Waals surface area contributed by atoms with E-state index in [2.05, 4.69) is 5.32 Å². The van der Waals surface area contributed by atoms with Gasteiger partial charge in [0.25, 0.3) is 0 Å². The van der Waals surface area contributed by atoms with E-state index in [4.69, 9.17) is 4.74 Å². The highest BCUT2D eigenvalue weighted by atomic mass is 16.5. The van der Waals surface area contributed by atoms with Gasteiger partial charge >= 0.3 is 0 Å². The fourth-order valence-corrected chi connectivity index (χ4v) is 3.45. The van der Waals surface area contributed by atoms with Gasteiger partial charge in [-0.15, -0.1) is 0 Å². The van der Waals surface area contributed by atoms with Crippen LogP contribution in [0.25, 0.3) is 0 Å². The van der Waals surface area contributed by atoms with Gasteiger partial charge in [-0.2, -0.15) is 0 Å². The number of methoxy groups -OCH3 is 1. The van der Waals surface area contributed by atoms with Gasteiger partial charge in [0.1, 0.15) is 5.75 Å². The number of imide groups is 1. The van der Waals surface area contributed by atoms with E-state index in [1.807, 2.05) is 24.3 Å². The van der Waals surface area contributed by atoms with Gasteiger partial charge in [-0.3, -0.25) is 19.3 Å². The molecule has 1 aromatic carbocycles. The third-order valence-electron chi connectivity index (χ3n) is 4.77. The summed E-state index contributed by atoms with van der Waals surface area (Å²) < 4.78 is 5.20. The summed E-state index contributed by atoms with van der Waals surface area (Å²) in [4.78, 5) is 38.1. The number of allylic oxidation sites excluding steroid dienone is 2. The Balaban J connectivity index is 1.50. The van der Waals surface area contributed by atoms with Gasteiger partial charge in [-0.05, 0) is 31.4 Å². The van der Waals surface area contributed by atoms with Crippen LogP contribution < -0.4 is 10.1 Å². The van der Waals surface area contributed by atoms with Crippen LogP contribution in [0.2, 0.25) is 0 Å². The molecule has 0 unspecified atom stereocenters. The SMILES string of the molecule is COc1ccccc1NC(=O)CCCN1C(=O)[C@@H]2CC=CC[C@H]2C1=O. The smallest absolute Gasteiger partial charge is 0.233 e. The number of anilines is 1. The molecule has 3 rings (SSSR count). The number of carbonyl (C=O) groups excluding carboxylic acids is 3. The molecule has 6 nitrogen and oxygen atoms in total. The van der Waals surface area contributed by atoms with E-state index >= 15 is 0 Å². The predicted octanol–water partition coefficient (Wildman–Crippen LogP) is 2.37. The molecule has 2 aliphatic rings. The van der Waals surface area contributed by atoms with Crippen LogP contribution in [0.5, 0.6) is 5.75 Å². The van der Waals surface area contributed by atoms with Gasteiger partial charge in [0.15, 0.2) is 0 Å². The minimum Gasteiger partial charge on any atom is -0.495 e. The summed E-state index contributed by atoms with van der Waals surface area (Å²) in [5, 5.41) is 2.80. The zero-order valence-corrected chi connectivity index (χ0v) is 14.2. The second kappa shape index (κ2) is 7.51. The number of rotatable bonds is 6. The Bertz CT molecular complexity index is 687. The van der Waals surface area contributed by atoms with Crippen LogP contribution in [0.3, 0.4) is 0 Å². The summed E-state index contributed by atoms with van der Waals surface area (Å²) in [5.74, 6) is -0.172. The quantitative estimate of drug-likeness (QED) is 0.636. The highest BCUT2D eigenvalue weighted by molar-refractivity contribution is 6.05. The van der Waals surface area contributed by atoms with Crippen molar-refractivity contribution in [3.8, 4) is 5.75 Å². The lowest BCUT2D eigenvalue weighted by Gasteiger charge is -2.14. The second-order valence-corrected chi connectivity index (χ2v) is 6.34. The highest BCUT2D eigenvalue weighted by Gasteiger charge is 2.46. The molecule has 0 saturated carbocycles. The maximum absolute atomic E-state index is 12.4. The highest BCUT2D eigenvalue weighted by Crippen LogP contribution is 2.35. The average molecular weight is 342 g/mol. The van der Waals surface area contributed by atoms with Crippen LogP contribution >= 0.6 is 0 Å². The molecule has 0 spiro atoms. The zero-order chi connectivity index (χ0) is 17.8. The molecular weight excluding hydrogens is 320 g/mol. The molecule has 1 fully saturated rings. The maximum Gasteiger partial charge on any atom is 0.233 e. The first-order chi connectivity index (χ1) is 12.1. The third-order valence-corrected chi connectivity index (χ3v) is 4.77. The molecule has 25 heavy (non-hydrogen) atoms. The Morgan fingerprint density at radius 1 is 1.16 bits per heavy atom. The van der Waals surface area contributed by atoms with Gasteiger partial charge in [0, 0.05) is 13.0 Å². The summed E-state index contributed by atoms with van der Waals surface area (Å²) in [6.45, 7) is 0.296. The van der Waals surface area contributed by atoms with Crippen molar-refractivity contribution >= 4 is 23.4 Å². The normalized spacial score (nSPS) is 22.0. The van der Waals surface area contributed by atoms with E-state index in [0.29, 0.717) is 37.2 Å². The monoisotopic (exact) mass is 342 g/mol. The van der Waals surface area contributed by atoms with Crippen LogP contribution in [-0.2, 0) is 14.4 Å². The van der Waals surface area contributed by atoms with Gasteiger partial charge in [-0.1, -0.05) is 24.3 Å². The summed E-state index contributed by atoms with van der Waals surface area (Å²) in [5.41, 5.74) is 0.611. The molecule has 0 radical (unpaired) electrons. The van der Waals surface area contributed by atoms with E-state index < -0.39 is 0 Å². The van der Waals surface area contributed by atoms with E-state index in [1.54, 1.807) is 19.2 Å². The summed E-state index contributed by atoms with van der Waals surface area (Å²) in [6.07, 6.45) is 5.90. The van der Waals surface area contributed by atoms with Crippen LogP contribution in [0.4, 0.5) is 5.69 Å². The Morgan fingerprint density at radius 2 is 1.80 bits per heavy atom. The molecule has 2 atom stereocenters. The molecule has 0 bridgehead atoms. The lowest BCUT2D eigenvalue weighted by atomic mass is 9.85. The number of hydrogen-bond donors (Lipinski definition) is 1. The van der Waals surface area contributed by atoms with Crippen molar-refractivity contribution in [2.24, 2.45) is 11.8 Å². The second-order valence-electron chi connectivity index (χ2n) is 6.34. The summed E-state index contributed by atoms with van der Waals surface area (Å²) >= 11 is 0. The first kappa shape index (κ1) is 17.2. The van der Waals surface area contributed by atoms with Crippen molar-refractivity contribution in [1.82, 2.24) is 4.90 Å². The Hall–Kier alpha value is -2.63. The van der Waals surface area contributed by atoms with Gasteiger partial charge in [0.2, 0.25) is 17.7 Å². The third kappa shape index (κ3) is 3.57. The molecule has 3 amide bonds. The van der Waals surface area contributed by atoms with E-state index in [9.17, 15) is 14.4 Å². The topological polar surface area (TPSA) is 75.7 Å². The molecule has 1 aromatic rings. The number of benzene rings is 1. The van der Waals surface area contributed by atoms with Gasteiger partial charge < -0.3 is 10.1 Å². The molecule has 132 valence electrons. The fourth-order valence-electron chi connectivity index (χ4n) is 3.45. The minimum atomic E-state index is -0.208. The minimum absolute atomic E-state index is 0.0931. The molecular formula is C19H22N2O4. The van der Waals surface area contributed by atoms with Crippen molar-refractivity contribution in [3.63, 3.8) is 0 Å². The lowest BCUT2D eigenvalue weighted by Crippen LogP contribution is -2.32. The maximum atomic E-state index is 12.4. The lowest BCUT2D eigenvalue weighted by molar-refractivity contribution is -0.140. The number of amides is 3. The first-order valence-electron chi connectivity index (χ1n) is 8.55. The van der Waals surface area contributed by atoms with Gasteiger partial charge in [-0.25, -0.2) is 0 Å². The van der Waals surface area contributed by atoms with Crippen molar-refractivity contribution in [1.29, 1.82) is 0 Å². The molecule has 1 heterocycles. The zero-order valence-electron chi connectivity index (χ0n) is 14.2. The Labute approximate surface area is 146 Å². The Morgan fingerprint density at radius 3 is 2.44 bits per heavy atom. The number of para-hydroxylation sites is 2. The Kier molecular flexibility index (Phi) is 5.16. The van der Waals surface area contributed by atoms with Crippen LogP contribution in [-0.4, -0.2) is 36.3 Å². The number of carbonyl (C=O) groups is 3. The predicted molar refractivity (Wildman–Crippen MR) is 92.9 cm³/mol. The molecule has 1 aliphatic heterocycles.